The molecule has 1 saturated heterocycles. The van der Waals surface area contributed by atoms with Crippen LogP contribution in [0.3, 0.4) is 0 Å². The van der Waals surface area contributed by atoms with Crippen molar-refractivity contribution in [2.75, 3.05) is 20.3 Å². The van der Waals surface area contributed by atoms with Crippen molar-refractivity contribution in [2.24, 2.45) is 0 Å². The maximum Gasteiger partial charge on any atom is 0.243 e. The molecule has 1 aromatic rings. The van der Waals surface area contributed by atoms with Gasteiger partial charge in [-0.2, -0.15) is 4.31 Å². The van der Waals surface area contributed by atoms with Crippen molar-refractivity contribution in [3.63, 3.8) is 0 Å². The van der Waals surface area contributed by atoms with Gasteiger partial charge in [0.1, 0.15) is 5.75 Å². The second-order valence-electron chi connectivity index (χ2n) is 6.22. The van der Waals surface area contributed by atoms with Crippen LogP contribution in [-0.4, -0.2) is 44.1 Å². The Hall–Kier alpha value is -1.11. The van der Waals surface area contributed by atoms with Crippen molar-refractivity contribution in [1.29, 1.82) is 0 Å². The number of ether oxygens (including phenoxy) is 1. The fourth-order valence-corrected chi connectivity index (χ4v) is 5.60. The number of benzene rings is 1. The lowest BCUT2D eigenvalue weighted by atomic mass is 10.0. The minimum atomic E-state index is -3.53. The molecule has 1 aromatic carbocycles. The van der Waals surface area contributed by atoms with Crippen molar-refractivity contribution < 1.29 is 18.3 Å². The van der Waals surface area contributed by atoms with Crippen LogP contribution in [0.2, 0.25) is 0 Å². The van der Waals surface area contributed by atoms with Gasteiger partial charge in [0.05, 0.1) is 12.0 Å². The average Bonchev–Trinajstić information content (AvgIpc) is 2.52. The largest absolute Gasteiger partial charge is 0.497 e. The number of aliphatic hydroxyl groups excluding tert-OH is 1. The normalized spacial score (nSPS) is 19.7. The summed E-state index contributed by atoms with van der Waals surface area (Å²) < 4.78 is 33.3. The van der Waals surface area contributed by atoms with E-state index in [0.29, 0.717) is 41.2 Å². The van der Waals surface area contributed by atoms with Gasteiger partial charge in [0.2, 0.25) is 10.0 Å². The molecule has 0 radical (unpaired) electrons. The van der Waals surface area contributed by atoms with Crippen LogP contribution in [0.15, 0.2) is 17.0 Å². The zero-order valence-corrected chi connectivity index (χ0v) is 15.0. The van der Waals surface area contributed by atoms with E-state index in [-0.39, 0.29) is 12.6 Å². The van der Waals surface area contributed by atoms with Gasteiger partial charge in [-0.05, 0) is 62.8 Å². The van der Waals surface area contributed by atoms with Crippen LogP contribution in [0.4, 0.5) is 0 Å². The molecule has 1 N–H and O–H groups in total. The molecule has 0 bridgehead atoms. The number of hydrogen-bond donors (Lipinski definition) is 1. The highest BCUT2D eigenvalue weighted by molar-refractivity contribution is 7.89. The first-order valence-corrected chi connectivity index (χ1v) is 9.63. The Morgan fingerprint density at radius 1 is 1.26 bits per heavy atom. The minimum absolute atomic E-state index is 0.0122. The van der Waals surface area contributed by atoms with E-state index in [2.05, 4.69) is 0 Å². The standard InChI is InChI=1S/C17H27NO4S/c1-13-11-16(22-3)12-14(2)17(13)23(20,21)18-9-5-4-7-15(18)8-6-10-19/h11-12,15,19H,4-10H2,1-3H3. The zero-order chi connectivity index (χ0) is 17.0. The Balaban J connectivity index is 2.40. The van der Waals surface area contributed by atoms with E-state index < -0.39 is 10.0 Å². The molecule has 1 unspecified atom stereocenters. The summed E-state index contributed by atoms with van der Waals surface area (Å²) >= 11 is 0. The van der Waals surface area contributed by atoms with E-state index in [4.69, 9.17) is 9.84 Å². The van der Waals surface area contributed by atoms with Gasteiger partial charge in [0, 0.05) is 19.2 Å². The van der Waals surface area contributed by atoms with Gasteiger partial charge in [-0.25, -0.2) is 8.42 Å². The highest BCUT2D eigenvalue weighted by Gasteiger charge is 2.35. The molecule has 2 rings (SSSR count). The molecule has 5 nitrogen and oxygen atoms in total. The van der Waals surface area contributed by atoms with Crippen LogP contribution in [0.5, 0.6) is 5.75 Å². The average molecular weight is 341 g/mol. The molecule has 1 heterocycles. The van der Waals surface area contributed by atoms with Crippen molar-refractivity contribution in [2.45, 2.75) is 56.9 Å². The first-order chi connectivity index (χ1) is 10.9. The van der Waals surface area contributed by atoms with Crippen molar-refractivity contribution in [1.82, 2.24) is 4.31 Å². The minimum Gasteiger partial charge on any atom is -0.497 e. The Kier molecular flexibility index (Phi) is 6.06. The molecule has 0 saturated carbocycles. The lowest BCUT2D eigenvalue weighted by Crippen LogP contribution is -2.44. The summed E-state index contributed by atoms with van der Waals surface area (Å²) in [4.78, 5) is 0.397. The van der Waals surface area contributed by atoms with Gasteiger partial charge in [0.25, 0.3) is 0 Å². The summed E-state index contributed by atoms with van der Waals surface area (Å²) in [5, 5.41) is 9.07. The number of aryl methyl sites for hydroxylation is 2. The van der Waals surface area contributed by atoms with Gasteiger partial charge >= 0.3 is 0 Å². The maximum atomic E-state index is 13.2. The molecule has 0 spiro atoms. The first-order valence-electron chi connectivity index (χ1n) is 8.19. The molecule has 1 aliphatic heterocycles. The van der Waals surface area contributed by atoms with E-state index in [1.807, 2.05) is 13.8 Å². The summed E-state index contributed by atoms with van der Waals surface area (Å²) in [6, 6.07) is 3.53. The third-order valence-corrected chi connectivity index (χ3v) is 6.76. The monoisotopic (exact) mass is 341 g/mol. The lowest BCUT2D eigenvalue weighted by molar-refractivity contribution is 0.213. The summed E-state index contributed by atoms with van der Waals surface area (Å²) in [5.41, 5.74) is 1.43. The second kappa shape index (κ2) is 7.64. The molecule has 1 atom stereocenters. The van der Waals surface area contributed by atoms with Crippen LogP contribution in [0.1, 0.15) is 43.2 Å². The van der Waals surface area contributed by atoms with Gasteiger partial charge in [-0.15, -0.1) is 0 Å². The summed E-state index contributed by atoms with van der Waals surface area (Å²) in [5.74, 6) is 0.675. The Bertz CT molecular complexity index is 619. The Morgan fingerprint density at radius 3 is 2.48 bits per heavy atom. The summed E-state index contributed by atoms with van der Waals surface area (Å²) in [6.45, 7) is 4.29. The first kappa shape index (κ1) is 18.2. The van der Waals surface area contributed by atoms with E-state index in [1.165, 1.54) is 0 Å². The van der Waals surface area contributed by atoms with Gasteiger partial charge in [-0.1, -0.05) is 6.42 Å². The van der Waals surface area contributed by atoms with Crippen molar-refractivity contribution in [3.8, 4) is 5.75 Å². The van der Waals surface area contributed by atoms with Crippen LogP contribution in [0, 0.1) is 13.8 Å². The van der Waals surface area contributed by atoms with Crippen LogP contribution < -0.4 is 4.74 Å². The van der Waals surface area contributed by atoms with Crippen molar-refractivity contribution >= 4 is 10.0 Å². The zero-order valence-electron chi connectivity index (χ0n) is 14.2. The van der Waals surface area contributed by atoms with Crippen molar-refractivity contribution in [3.05, 3.63) is 23.3 Å². The smallest absolute Gasteiger partial charge is 0.243 e. The predicted molar refractivity (Wildman–Crippen MR) is 90.3 cm³/mol. The van der Waals surface area contributed by atoms with Crippen LogP contribution in [0.25, 0.3) is 0 Å². The second-order valence-corrected chi connectivity index (χ2v) is 8.05. The topological polar surface area (TPSA) is 66.8 Å². The van der Waals surface area contributed by atoms with Gasteiger partial charge in [-0.3, -0.25) is 0 Å². The predicted octanol–water partition coefficient (Wildman–Crippen LogP) is 2.63. The highest BCUT2D eigenvalue weighted by atomic mass is 32.2. The molecule has 0 amide bonds. The molecular formula is C17H27NO4S. The fraction of sp³-hybridized carbons (Fsp3) is 0.647. The molecule has 1 aliphatic rings. The molecule has 1 fully saturated rings. The fourth-order valence-electron chi connectivity index (χ4n) is 3.46. The summed E-state index contributed by atoms with van der Waals surface area (Å²) in [7, 11) is -1.95. The number of aliphatic hydroxyl groups is 1. The molecule has 6 heteroatoms. The number of methoxy groups -OCH3 is 1. The van der Waals surface area contributed by atoms with Crippen LogP contribution in [-0.2, 0) is 10.0 Å². The number of sulfonamides is 1. The Morgan fingerprint density at radius 2 is 1.91 bits per heavy atom. The number of hydrogen-bond acceptors (Lipinski definition) is 4. The highest BCUT2D eigenvalue weighted by Crippen LogP contribution is 2.32. The van der Waals surface area contributed by atoms with E-state index in [0.717, 1.165) is 19.3 Å². The van der Waals surface area contributed by atoms with Crippen LogP contribution >= 0.6 is 0 Å². The SMILES string of the molecule is COc1cc(C)c(S(=O)(=O)N2CCCCC2CCCO)c(C)c1. The lowest BCUT2D eigenvalue weighted by Gasteiger charge is -2.35. The molecule has 130 valence electrons. The number of piperidine rings is 1. The molecular weight excluding hydrogens is 314 g/mol. The molecule has 0 aromatic heterocycles. The third kappa shape index (κ3) is 3.87. The number of nitrogens with zero attached hydrogens (tertiary/aromatic N) is 1. The van der Waals surface area contributed by atoms with E-state index in [9.17, 15) is 8.42 Å². The molecule has 23 heavy (non-hydrogen) atoms. The van der Waals surface area contributed by atoms with Gasteiger partial charge < -0.3 is 9.84 Å². The molecule has 0 aliphatic carbocycles. The third-order valence-electron chi connectivity index (χ3n) is 4.50. The van der Waals surface area contributed by atoms with Gasteiger partial charge in [0.15, 0.2) is 0 Å². The quantitative estimate of drug-likeness (QED) is 0.864. The number of rotatable bonds is 6. The van der Waals surface area contributed by atoms with E-state index in [1.54, 1.807) is 23.5 Å². The summed E-state index contributed by atoms with van der Waals surface area (Å²) in [6.07, 6.45) is 4.15. The van der Waals surface area contributed by atoms with E-state index >= 15 is 0 Å². The Labute approximate surface area is 139 Å². The maximum absolute atomic E-state index is 13.2.